The quantitative estimate of drug-likeness (QED) is 0.360. The normalized spacial score (nSPS) is 10.5. The van der Waals surface area contributed by atoms with Crippen molar-refractivity contribution in [1.29, 1.82) is 0 Å². The lowest BCUT2D eigenvalue weighted by Gasteiger charge is -2.01. The van der Waals surface area contributed by atoms with Gasteiger partial charge in [0.25, 0.3) is 0 Å². The van der Waals surface area contributed by atoms with Crippen LogP contribution in [0, 0.1) is 12.3 Å². The number of carbonyl (C=O) groups excluding carboxylic acids is 1. The zero-order chi connectivity index (χ0) is 13.5. The smallest absolute Gasteiger partial charge is 0.330 e. The molecule has 0 spiro atoms. The van der Waals surface area contributed by atoms with Gasteiger partial charge in [0.05, 0.1) is 0 Å². The summed E-state index contributed by atoms with van der Waals surface area (Å²) in [7, 11) is 0. The number of terminal acetylenes is 1. The van der Waals surface area contributed by atoms with Crippen LogP contribution < -0.4 is 0 Å². The van der Waals surface area contributed by atoms with Crippen LogP contribution in [0.4, 0.5) is 0 Å². The summed E-state index contributed by atoms with van der Waals surface area (Å²) in [4.78, 5) is 11.4. The van der Waals surface area contributed by atoms with E-state index in [9.17, 15) is 4.79 Å². The van der Waals surface area contributed by atoms with Gasteiger partial charge in [0.2, 0.25) is 0 Å². The Bertz CT molecular complexity index is 642. The summed E-state index contributed by atoms with van der Waals surface area (Å²) < 4.78 is 4.95. The summed E-state index contributed by atoms with van der Waals surface area (Å²) in [6.07, 6.45) is 8.71. The monoisotopic (exact) mass is 250 g/mol. The van der Waals surface area contributed by atoms with E-state index in [0.29, 0.717) is 6.42 Å². The topological polar surface area (TPSA) is 26.3 Å². The van der Waals surface area contributed by atoms with Gasteiger partial charge in [-0.05, 0) is 22.4 Å². The summed E-state index contributed by atoms with van der Waals surface area (Å²) in [5, 5.41) is 2.25. The first-order valence-electron chi connectivity index (χ1n) is 6.07. The second-order valence-corrected chi connectivity index (χ2v) is 4.02. The Morgan fingerprint density at radius 2 is 2.00 bits per heavy atom. The molecule has 0 amide bonds. The van der Waals surface area contributed by atoms with Crippen molar-refractivity contribution in [3.05, 3.63) is 54.1 Å². The molecule has 2 aromatic rings. The standard InChI is InChI=1S/C17H14O2/c1-2-3-13-19-17(18)12-11-15-9-6-8-14-7-4-5-10-16(14)15/h1,4-12H,3,13H2/b12-11+. The Hall–Kier alpha value is -2.53. The third-order valence-corrected chi connectivity index (χ3v) is 2.71. The molecule has 0 bridgehead atoms. The molecule has 0 aliphatic heterocycles. The summed E-state index contributed by atoms with van der Waals surface area (Å²) in [5.41, 5.74) is 0.993. The molecule has 19 heavy (non-hydrogen) atoms. The van der Waals surface area contributed by atoms with E-state index < -0.39 is 0 Å². The lowest BCUT2D eigenvalue weighted by Crippen LogP contribution is -2.01. The van der Waals surface area contributed by atoms with Crippen LogP contribution in [0.1, 0.15) is 12.0 Å². The number of benzene rings is 2. The van der Waals surface area contributed by atoms with E-state index in [0.717, 1.165) is 16.3 Å². The highest BCUT2D eigenvalue weighted by Crippen LogP contribution is 2.19. The van der Waals surface area contributed by atoms with Gasteiger partial charge in [-0.25, -0.2) is 4.79 Å². The van der Waals surface area contributed by atoms with Crippen LogP contribution in [0.5, 0.6) is 0 Å². The first-order valence-corrected chi connectivity index (χ1v) is 6.07. The van der Waals surface area contributed by atoms with Crippen molar-refractivity contribution in [2.45, 2.75) is 6.42 Å². The summed E-state index contributed by atoms with van der Waals surface area (Å²) >= 11 is 0. The molecule has 0 radical (unpaired) electrons. The maximum atomic E-state index is 11.4. The maximum Gasteiger partial charge on any atom is 0.330 e. The van der Waals surface area contributed by atoms with Gasteiger partial charge in [0.15, 0.2) is 0 Å². The van der Waals surface area contributed by atoms with Gasteiger partial charge in [-0.2, -0.15) is 0 Å². The van der Waals surface area contributed by atoms with Crippen LogP contribution in [-0.2, 0) is 9.53 Å². The van der Waals surface area contributed by atoms with Crippen molar-refractivity contribution < 1.29 is 9.53 Å². The van der Waals surface area contributed by atoms with Crippen LogP contribution in [0.3, 0.4) is 0 Å². The number of hydrogen-bond acceptors (Lipinski definition) is 2. The van der Waals surface area contributed by atoms with Crippen molar-refractivity contribution in [2.75, 3.05) is 6.61 Å². The van der Waals surface area contributed by atoms with Gasteiger partial charge < -0.3 is 4.74 Å². The van der Waals surface area contributed by atoms with E-state index in [-0.39, 0.29) is 12.6 Å². The Balaban J connectivity index is 2.13. The van der Waals surface area contributed by atoms with Gasteiger partial charge in [0.1, 0.15) is 6.61 Å². The molecule has 2 nitrogen and oxygen atoms in total. The van der Waals surface area contributed by atoms with E-state index in [1.807, 2.05) is 42.5 Å². The fraction of sp³-hybridized carbons (Fsp3) is 0.118. The molecule has 0 N–H and O–H groups in total. The number of ether oxygens (including phenoxy) is 1. The summed E-state index contributed by atoms with van der Waals surface area (Å²) in [6.45, 7) is 0.259. The number of fused-ring (bicyclic) bond motifs is 1. The van der Waals surface area contributed by atoms with Crippen molar-refractivity contribution in [3.8, 4) is 12.3 Å². The minimum Gasteiger partial charge on any atom is -0.462 e. The second-order valence-electron chi connectivity index (χ2n) is 4.02. The van der Waals surface area contributed by atoms with Crippen LogP contribution in [0.25, 0.3) is 16.8 Å². The van der Waals surface area contributed by atoms with Crippen molar-refractivity contribution in [2.24, 2.45) is 0 Å². The molecule has 0 unspecified atom stereocenters. The molecular formula is C17H14O2. The molecule has 2 heteroatoms. The fourth-order valence-electron chi connectivity index (χ4n) is 1.81. The molecule has 2 rings (SSSR count). The Labute approximate surface area is 112 Å². The van der Waals surface area contributed by atoms with Crippen molar-refractivity contribution >= 4 is 22.8 Å². The maximum absolute atomic E-state index is 11.4. The minimum absolute atomic E-state index is 0.259. The van der Waals surface area contributed by atoms with Gasteiger partial charge >= 0.3 is 5.97 Å². The number of rotatable bonds is 4. The Morgan fingerprint density at radius 3 is 2.84 bits per heavy atom. The lowest BCUT2D eigenvalue weighted by molar-refractivity contribution is -0.137. The van der Waals surface area contributed by atoms with E-state index in [2.05, 4.69) is 5.92 Å². The lowest BCUT2D eigenvalue weighted by atomic mass is 10.0. The third kappa shape index (κ3) is 3.46. The van der Waals surface area contributed by atoms with E-state index >= 15 is 0 Å². The minimum atomic E-state index is -0.372. The number of esters is 1. The van der Waals surface area contributed by atoms with E-state index in [1.54, 1.807) is 6.08 Å². The van der Waals surface area contributed by atoms with Crippen molar-refractivity contribution in [3.63, 3.8) is 0 Å². The van der Waals surface area contributed by atoms with Crippen molar-refractivity contribution in [1.82, 2.24) is 0 Å². The van der Waals surface area contributed by atoms with Gasteiger partial charge in [-0.1, -0.05) is 42.5 Å². The number of hydrogen-bond donors (Lipinski definition) is 0. The zero-order valence-corrected chi connectivity index (χ0v) is 10.5. The summed E-state index contributed by atoms with van der Waals surface area (Å²) in [6, 6.07) is 14.0. The molecule has 0 saturated carbocycles. The highest BCUT2D eigenvalue weighted by atomic mass is 16.5. The predicted octanol–water partition coefficient (Wildman–Crippen LogP) is 3.42. The van der Waals surface area contributed by atoms with Gasteiger partial charge in [0, 0.05) is 12.5 Å². The van der Waals surface area contributed by atoms with Gasteiger partial charge in [-0.3, -0.25) is 0 Å². The molecule has 0 aliphatic carbocycles. The molecule has 0 aromatic heterocycles. The van der Waals surface area contributed by atoms with E-state index in [4.69, 9.17) is 11.2 Å². The molecule has 2 aromatic carbocycles. The SMILES string of the molecule is C#CCCOC(=O)/C=C/c1cccc2ccccc12. The molecule has 0 atom stereocenters. The molecule has 0 heterocycles. The molecule has 94 valence electrons. The average molecular weight is 250 g/mol. The third-order valence-electron chi connectivity index (χ3n) is 2.71. The fourth-order valence-corrected chi connectivity index (χ4v) is 1.81. The largest absolute Gasteiger partial charge is 0.462 e. The Kier molecular flexibility index (Phi) is 4.36. The van der Waals surface area contributed by atoms with Crippen LogP contribution >= 0.6 is 0 Å². The molecule has 0 saturated heterocycles. The zero-order valence-electron chi connectivity index (χ0n) is 10.5. The highest BCUT2D eigenvalue weighted by Gasteiger charge is 1.99. The first kappa shape index (κ1) is 12.9. The second kappa shape index (κ2) is 6.42. The first-order chi connectivity index (χ1) is 9.31. The number of carbonyl (C=O) groups is 1. The molecular weight excluding hydrogens is 236 g/mol. The highest BCUT2D eigenvalue weighted by molar-refractivity contribution is 5.94. The Morgan fingerprint density at radius 1 is 1.21 bits per heavy atom. The van der Waals surface area contributed by atoms with E-state index in [1.165, 1.54) is 6.08 Å². The van der Waals surface area contributed by atoms with Crippen LogP contribution in [0.2, 0.25) is 0 Å². The van der Waals surface area contributed by atoms with Gasteiger partial charge in [-0.15, -0.1) is 12.3 Å². The summed E-state index contributed by atoms with van der Waals surface area (Å²) in [5.74, 6) is 2.05. The molecule has 0 aliphatic rings. The molecule has 0 fully saturated rings. The predicted molar refractivity (Wildman–Crippen MR) is 77.4 cm³/mol. The van der Waals surface area contributed by atoms with Crippen LogP contribution in [-0.4, -0.2) is 12.6 Å². The average Bonchev–Trinajstić information content (AvgIpc) is 2.45. The van der Waals surface area contributed by atoms with Crippen LogP contribution in [0.15, 0.2) is 48.5 Å².